The first kappa shape index (κ1) is 12.2. The molecule has 0 aliphatic carbocycles. The first-order chi connectivity index (χ1) is 7.36. The van der Waals surface area contributed by atoms with Gasteiger partial charge in [-0.1, -0.05) is 32.8 Å². The van der Waals surface area contributed by atoms with Gasteiger partial charge < -0.3 is 5.32 Å². The minimum Gasteiger partial charge on any atom is -0.308 e. The molecule has 2 nitrogen and oxygen atoms in total. The Morgan fingerprint density at radius 1 is 1.33 bits per heavy atom. The molecule has 1 N–H and O–H groups in total. The van der Waals surface area contributed by atoms with Crippen molar-refractivity contribution in [3.05, 3.63) is 30.1 Å². The molecule has 1 aromatic heterocycles. The van der Waals surface area contributed by atoms with Crippen LogP contribution in [0.1, 0.15) is 45.2 Å². The van der Waals surface area contributed by atoms with Crippen molar-refractivity contribution in [3.63, 3.8) is 0 Å². The highest BCUT2D eigenvalue weighted by Crippen LogP contribution is 2.05. The lowest BCUT2D eigenvalue weighted by atomic mass is 10.1. The molecule has 84 valence electrons. The maximum Gasteiger partial charge on any atom is 0.0541 e. The molecule has 0 saturated heterocycles. The second-order valence-electron chi connectivity index (χ2n) is 3.95. The number of nitrogens with one attached hydrogen (secondary N) is 1. The minimum absolute atomic E-state index is 0.645. The number of hydrogen-bond donors (Lipinski definition) is 1. The largest absolute Gasteiger partial charge is 0.308 e. The van der Waals surface area contributed by atoms with Crippen LogP contribution in [0, 0.1) is 0 Å². The molecule has 0 bridgehead atoms. The van der Waals surface area contributed by atoms with Gasteiger partial charge in [0, 0.05) is 18.8 Å². The van der Waals surface area contributed by atoms with Crippen LogP contribution in [0.25, 0.3) is 0 Å². The summed E-state index contributed by atoms with van der Waals surface area (Å²) in [5.41, 5.74) is 1.13. The predicted octanol–water partition coefficient (Wildman–Crippen LogP) is 3.14. The van der Waals surface area contributed by atoms with E-state index in [9.17, 15) is 0 Å². The molecule has 1 aromatic rings. The van der Waals surface area contributed by atoms with E-state index in [0.717, 1.165) is 12.2 Å². The summed E-state index contributed by atoms with van der Waals surface area (Å²) < 4.78 is 0. The molecule has 0 spiro atoms. The van der Waals surface area contributed by atoms with Gasteiger partial charge in [-0.3, -0.25) is 4.98 Å². The predicted molar refractivity (Wildman–Crippen MR) is 64.7 cm³/mol. The van der Waals surface area contributed by atoms with Crippen LogP contribution in [0.2, 0.25) is 0 Å². The van der Waals surface area contributed by atoms with E-state index < -0.39 is 0 Å². The van der Waals surface area contributed by atoms with Crippen molar-refractivity contribution in [2.45, 2.75) is 52.1 Å². The minimum atomic E-state index is 0.645. The van der Waals surface area contributed by atoms with Gasteiger partial charge in [0.2, 0.25) is 0 Å². The van der Waals surface area contributed by atoms with Crippen molar-refractivity contribution in [1.29, 1.82) is 0 Å². The highest BCUT2D eigenvalue weighted by molar-refractivity contribution is 5.03. The quantitative estimate of drug-likeness (QED) is 0.741. The van der Waals surface area contributed by atoms with E-state index in [1.165, 1.54) is 25.7 Å². The summed E-state index contributed by atoms with van der Waals surface area (Å²) in [7, 11) is 0. The van der Waals surface area contributed by atoms with E-state index >= 15 is 0 Å². The van der Waals surface area contributed by atoms with Gasteiger partial charge in [-0.15, -0.1) is 0 Å². The first-order valence-electron chi connectivity index (χ1n) is 6.00. The molecule has 0 aromatic carbocycles. The van der Waals surface area contributed by atoms with Crippen LogP contribution in [0.4, 0.5) is 0 Å². The Balaban J connectivity index is 2.28. The lowest BCUT2D eigenvalue weighted by Gasteiger charge is -2.16. The summed E-state index contributed by atoms with van der Waals surface area (Å²) >= 11 is 0. The van der Waals surface area contributed by atoms with Crippen LogP contribution < -0.4 is 5.32 Å². The molecule has 1 unspecified atom stereocenters. The smallest absolute Gasteiger partial charge is 0.0541 e. The van der Waals surface area contributed by atoms with Crippen molar-refractivity contribution >= 4 is 0 Å². The molecule has 0 fully saturated rings. The fourth-order valence-electron chi connectivity index (χ4n) is 1.65. The molecule has 1 heterocycles. The number of unbranched alkanes of at least 4 members (excludes halogenated alkanes) is 1. The van der Waals surface area contributed by atoms with Crippen molar-refractivity contribution in [2.24, 2.45) is 0 Å². The lowest BCUT2D eigenvalue weighted by Crippen LogP contribution is -2.28. The number of rotatable bonds is 7. The van der Waals surface area contributed by atoms with Crippen LogP contribution in [0.15, 0.2) is 24.4 Å². The maximum atomic E-state index is 4.30. The van der Waals surface area contributed by atoms with E-state index in [1.54, 1.807) is 0 Å². The summed E-state index contributed by atoms with van der Waals surface area (Å²) in [5.74, 6) is 0. The molecule has 0 aliphatic rings. The zero-order valence-electron chi connectivity index (χ0n) is 9.87. The Bertz CT molecular complexity index is 246. The van der Waals surface area contributed by atoms with Gasteiger partial charge in [0.05, 0.1) is 5.69 Å². The summed E-state index contributed by atoms with van der Waals surface area (Å²) in [6, 6.07) is 6.71. The van der Waals surface area contributed by atoms with E-state index in [-0.39, 0.29) is 0 Å². The molecule has 1 rings (SSSR count). The zero-order chi connectivity index (χ0) is 10.9. The average molecular weight is 206 g/mol. The van der Waals surface area contributed by atoms with E-state index in [4.69, 9.17) is 0 Å². The standard InChI is InChI=1S/C13H22N2/c1-3-5-8-12(4-2)15-11-13-9-6-7-10-14-13/h6-7,9-10,12,15H,3-5,8,11H2,1-2H3. The molecule has 2 heteroatoms. The Hall–Kier alpha value is -0.890. The van der Waals surface area contributed by atoms with Crippen LogP contribution in [0.5, 0.6) is 0 Å². The summed E-state index contributed by atoms with van der Waals surface area (Å²) in [4.78, 5) is 4.30. The van der Waals surface area contributed by atoms with Gasteiger partial charge in [0.1, 0.15) is 0 Å². The van der Waals surface area contributed by atoms with Crippen molar-refractivity contribution in [3.8, 4) is 0 Å². The normalized spacial score (nSPS) is 12.7. The number of aromatic nitrogens is 1. The van der Waals surface area contributed by atoms with Gasteiger partial charge in [-0.05, 0) is 25.0 Å². The Morgan fingerprint density at radius 2 is 2.20 bits per heavy atom. The molecule has 0 saturated carbocycles. The van der Waals surface area contributed by atoms with Crippen LogP contribution in [0.3, 0.4) is 0 Å². The lowest BCUT2D eigenvalue weighted by molar-refractivity contribution is 0.449. The van der Waals surface area contributed by atoms with Crippen LogP contribution >= 0.6 is 0 Å². The molecule has 0 amide bonds. The molecular weight excluding hydrogens is 184 g/mol. The highest BCUT2D eigenvalue weighted by Gasteiger charge is 2.04. The monoisotopic (exact) mass is 206 g/mol. The molecule has 0 aliphatic heterocycles. The second kappa shape index (κ2) is 7.41. The third-order valence-corrected chi connectivity index (χ3v) is 2.70. The van der Waals surface area contributed by atoms with Crippen molar-refractivity contribution < 1.29 is 0 Å². The Labute approximate surface area is 93.1 Å². The fraction of sp³-hybridized carbons (Fsp3) is 0.615. The number of hydrogen-bond acceptors (Lipinski definition) is 2. The van der Waals surface area contributed by atoms with Gasteiger partial charge in [0.15, 0.2) is 0 Å². The van der Waals surface area contributed by atoms with Crippen LogP contribution in [-0.2, 0) is 6.54 Å². The summed E-state index contributed by atoms with van der Waals surface area (Å²) in [6.45, 7) is 5.38. The maximum absolute atomic E-state index is 4.30. The fourth-order valence-corrected chi connectivity index (χ4v) is 1.65. The molecular formula is C13H22N2. The zero-order valence-corrected chi connectivity index (χ0v) is 9.87. The van der Waals surface area contributed by atoms with Gasteiger partial charge in [-0.25, -0.2) is 0 Å². The third kappa shape index (κ3) is 4.93. The summed E-state index contributed by atoms with van der Waals surface area (Å²) in [6.07, 6.45) is 6.92. The van der Waals surface area contributed by atoms with Crippen molar-refractivity contribution in [2.75, 3.05) is 0 Å². The molecule has 1 atom stereocenters. The van der Waals surface area contributed by atoms with E-state index in [0.29, 0.717) is 6.04 Å². The Kier molecular flexibility index (Phi) is 6.02. The molecule has 15 heavy (non-hydrogen) atoms. The highest BCUT2D eigenvalue weighted by atomic mass is 14.9. The SMILES string of the molecule is CCCCC(CC)NCc1ccccn1. The number of pyridine rings is 1. The van der Waals surface area contributed by atoms with Gasteiger partial charge in [0.25, 0.3) is 0 Å². The third-order valence-electron chi connectivity index (χ3n) is 2.70. The first-order valence-corrected chi connectivity index (χ1v) is 6.00. The average Bonchev–Trinajstić information content (AvgIpc) is 2.31. The van der Waals surface area contributed by atoms with Crippen molar-refractivity contribution in [1.82, 2.24) is 10.3 Å². The van der Waals surface area contributed by atoms with E-state index in [1.807, 2.05) is 18.3 Å². The topological polar surface area (TPSA) is 24.9 Å². The second-order valence-corrected chi connectivity index (χ2v) is 3.95. The van der Waals surface area contributed by atoms with Gasteiger partial charge >= 0.3 is 0 Å². The Morgan fingerprint density at radius 3 is 2.80 bits per heavy atom. The van der Waals surface area contributed by atoms with Gasteiger partial charge in [-0.2, -0.15) is 0 Å². The molecule has 0 radical (unpaired) electrons. The van der Waals surface area contributed by atoms with E-state index in [2.05, 4.69) is 30.2 Å². The summed E-state index contributed by atoms with van der Waals surface area (Å²) in [5, 5.41) is 3.56. The number of nitrogens with zero attached hydrogens (tertiary/aromatic N) is 1. The van der Waals surface area contributed by atoms with Crippen LogP contribution in [-0.4, -0.2) is 11.0 Å².